The first-order valence-electron chi connectivity index (χ1n) is 4.64. The van der Waals surface area contributed by atoms with Gasteiger partial charge in [-0.15, -0.1) is 0 Å². The largest absolute Gasteiger partial charge is 0.383 e. The zero-order valence-corrected chi connectivity index (χ0v) is 8.26. The van der Waals surface area contributed by atoms with Crippen LogP contribution >= 0.6 is 0 Å². The Labute approximate surface area is 85.9 Å². The van der Waals surface area contributed by atoms with Crippen LogP contribution in [0.25, 0.3) is 0 Å². The number of nitrogens with one attached hydrogen (secondary N) is 1. The Kier molecular flexibility index (Phi) is 2.95. The standard InChI is InChI=1S/C9H12F2N2O2/c1-6(5-12)13-7(14)9(10,11)8(15)3-2-4-8/h6,15H,2-4H2,1H3,(H,13,14). The van der Waals surface area contributed by atoms with E-state index in [0.29, 0.717) is 6.42 Å². The maximum atomic E-state index is 13.4. The van der Waals surface area contributed by atoms with Crippen molar-refractivity contribution in [2.24, 2.45) is 0 Å². The molecular weight excluding hydrogens is 206 g/mol. The SMILES string of the molecule is CC(C#N)NC(=O)C(F)(F)C1(O)CCC1. The second-order valence-corrected chi connectivity index (χ2v) is 3.78. The number of halogens is 2. The van der Waals surface area contributed by atoms with Gasteiger partial charge in [0, 0.05) is 0 Å². The highest BCUT2D eigenvalue weighted by Crippen LogP contribution is 2.44. The third kappa shape index (κ3) is 1.92. The second-order valence-electron chi connectivity index (χ2n) is 3.78. The van der Waals surface area contributed by atoms with Gasteiger partial charge in [0.25, 0.3) is 5.91 Å². The molecule has 1 amide bonds. The lowest BCUT2D eigenvalue weighted by molar-refractivity contribution is -0.216. The molecule has 1 aliphatic carbocycles. The Morgan fingerprint density at radius 1 is 1.67 bits per heavy atom. The van der Waals surface area contributed by atoms with Gasteiger partial charge in [-0.05, 0) is 26.2 Å². The molecule has 1 saturated carbocycles. The summed E-state index contributed by atoms with van der Waals surface area (Å²) in [4.78, 5) is 11.1. The van der Waals surface area contributed by atoms with Gasteiger partial charge < -0.3 is 10.4 Å². The van der Waals surface area contributed by atoms with E-state index < -0.39 is 23.5 Å². The molecule has 1 unspecified atom stereocenters. The van der Waals surface area contributed by atoms with Crippen molar-refractivity contribution in [2.45, 2.75) is 43.8 Å². The first-order chi connectivity index (χ1) is 6.83. The van der Waals surface area contributed by atoms with Gasteiger partial charge in [-0.2, -0.15) is 14.0 Å². The van der Waals surface area contributed by atoms with Crippen molar-refractivity contribution in [3.63, 3.8) is 0 Å². The van der Waals surface area contributed by atoms with E-state index in [1.807, 2.05) is 5.32 Å². The van der Waals surface area contributed by atoms with Gasteiger partial charge in [0.05, 0.1) is 6.07 Å². The van der Waals surface area contributed by atoms with Crippen molar-refractivity contribution < 1.29 is 18.7 Å². The predicted molar refractivity (Wildman–Crippen MR) is 47.0 cm³/mol. The molecule has 0 aliphatic heterocycles. The molecule has 4 nitrogen and oxygen atoms in total. The zero-order valence-electron chi connectivity index (χ0n) is 8.26. The summed E-state index contributed by atoms with van der Waals surface area (Å²) < 4.78 is 26.7. The van der Waals surface area contributed by atoms with Crippen LogP contribution in [-0.4, -0.2) is 28.6 Å². The first kappa shape index (κ1) is 11.9. The van der Waals surface area contributed by atoms with Crippen LogP contribution in [0.4, 0.5) is 8.78 Å². The molecule has 1 atom stereocenters. The van der Waals surface area contributed by atoms with E-state index in [2.05, 4.69) is 0 Å². The van der Waals surface area contributed by atoms with Crippen LogP contribution < -0.4 is 5.32 Å². The van der Waals surface area contributed by atoms with Crippen molar-refractivity contribution in [3.8, 4) is 6.07 Å². The number of rotatable bonds is 3. The molecule has 0 heterocycles. The topological polar surface area (TPSA) is 73.1 Å². The van der Waals surface area contributed by atoms with Crippen LogP contribution in [-0.2, 0) is 4.79 Å². The third-order valence-corrected chi connectivity index (χ3v) is 2.59. The van der Waals surface area contributed by atoms with Gasteiger partial charge in [0.1, 0.15) is 11.6 Å². The molecule has 1 fully saturated rings. The number of aliphatic hydroxyl groups is 1. The molecule has 1 aliphatic rings. The minimum Gasteiger partial charge on any atom is -0.383 e. The summed E-state index contributed by atoms with van der Waals surface area (Å²) in [5.41, 5.74) is -2.23. The lowest BCUT2D eigenvalue weighted by Crippen LogP contribution is -2.61. The van der Waals surface area contributed by atoms with Crippen LogP contribution in [0.5, 0.6) is 0 Å². The average Bonchev–Trinajstić information content (AvgIpc) is 2.13. The lowest BCUT2D eigenvalue weighted by atomic mass is 9.75. The summed E-state index contributed by atoms with van der Waals surface area (Å²) in [5.74, 6) is -5.41. The highest BCUT2D eigenvalue weighted by Gasteiger charge is 2.61. The number of hydrogen-bond donors (Lipinski definition) is 2. The van der Waals surface area contributed by atoms with Crippen LogP contribution in [0, 0.1) is 11.3 Å². The summed E-state index contributed by atoms with van der Waals surface area (Å²) in [6, 6.07) is 0.615. The van der Waals surface area contributed by atoms with Crippen LogP contribution in [0.15, 0.2) is 0 Å². The van der Waals surface area contributed by atoms with Gasteiger partial charge in [-0.3, -0.25) is 4.79 Å². The minimum atomic E-state index is -3.82. The van der Waals surface area contributed by atoms with Crippen LogP contribution in [0.1, 0.15) is 26.2 Å². The fourth-order valence-electron chi connectivity index (χ4n) is 1.36. The Morgan fingerprint density at radius 3 is 2.53 bits per heavy atom. The first-order valence-corrected chi connectivity index (χ1v) is 4.64. The maximum absolute atomic E-state index is 13.4. The number of carbonyl (C=O) groups excluding carboxylic acids is 1. The van der Waals surface area contributed by atoms with E-state index >= 15 is 0 Å². The average molecular weight is 218 g/mol. The van der Waals surface area contributed by atoms with Crippen LogP contribution in [0.2, 0.25) is 0 Å². The molecule has 0 radical (unpaired) electrons. The monoisotopic (exact) mass is 218 g/mol. The van der Waals surface area contributed by atoms with E-state index in [-0.39, 0.29) is 12.8 Å². The molecule has 2 N–H and O–H groups in total. The normalized spacial score (nSPS) is 21.0. The fourth-order valence-corrected chi connectivity index (χ4v) is 1.36. The number of hydrogen-bond acceptors (Lipinski definition) is 3. The van der Waals surface area contributed by atoms with Gasteiger partial charge in [-0.1, -0.05) is 0 Å². The summed E-state index contributed by atoms with van der Waals surface area (Å²) in [6.07, 6.45) is 0.301. The Hall–Kier alpha value is -1.22. The van der Waals surface area contributed by atoms with Gasteiger partial charge in [0.15, 0.2) is 0 Å². The van der Waals surface area contributed by atoms with Crippen molar-refractivity contribution in [2.75, 3.05) is 0 Å². The summed E-state index contributed by atoms with van der Waals surface area (Å²) in [7, 11) is 0. The number of nitriles is 1. The van der Waals surface area contributed by atoms with Gasteiger partial charge in [-0.25, -0.2) is 0 Å². The lowest BCUT2D eigenvalue weighted by Gasteiger charge is -2.41. The second kappa shape index (κ2) is 3.74. The molecule has 0 aromatic heterocycles. The van der Waals surface area contributed by atoms with Crippen molar-refractivity contribution >= 4 is 5.91 Å². The van der Waals surface area contributed by atoms with Crippen LogP contribution in [0.3, 0.4) is 0 Å². The number of amides is 1. The Bertz CT molecular complexity index is 308. The molecule has 6 heteroatoms. The molecule has 0 spiro atoms. The number of carbonyl (C=O) groups is 1. The van der Waals surface area contributed by atoms with E-state index in [9.17, 15) is 18.7 Å². The van der Waals surface area contributed by atoms with E-state index in [4.69, 9.17) is 5.26 Å². The molecule has 0 bridgehead atoms. The maximum Gasteiger partial charge on any atom is 0.352 e. The molecule has 1 rings (SSSR count). The van der Waals surface area contributed by atoms with Crippen molar-refractivity contribution in [1.29, 1.82) is 5.26 Å². The highest BCUT2D eigenvalue weighted by atomic mass is 19.3. The van der Waals surface area contributed by atoms with Crippen molar-refractivity contribution in [1.82, 2.24) is 5.32 Å². The van der Waals surface area contributed by atoms with E-state index in [1.54, 1.807) is 6.07 Å². The third-order valence-electron chi connectivity index (χ3n) is 2.59. The molecule has 15 heavy (non-hydrogen) atoms. The van der Waals surface area contributed by atoms with Crippen molar-refractivity contribution in [3.05, 3.63) is 0 Å². The Balaban J connectivity index is 2.69. The molecular formula is C9H12F2N2O2. The Morgan fingerprint density at radius 2 is 2.20 bits per heavy atom. The van der Waals surface area contributed by atoms with Gasteiger partial charge in [0.2, 0.25) is 0 Å². The minimum absolute atomic E-state index is 0.0889. The van der Waals surface area contributed by atoms with E-state index in [0.717, 1.165) is 0 Å². The molecule has 0 saturated heterocycles. The summed E-state index contributed by atoms with van der Waals surface area (Å²) in [6.45, 7) is 1.29. The van der Waals surface area contributed by atoms with Gasteiger partial charge >= 0.3 is 5.92 Å². The predicted octanol–water partition coefficient (Wildman–Crippen LogP) is 0.565. The molecule has 0 aromatic carbocycles. The molecule has 84 valence electrons. The molecule has 0 aromatic rings. The smallest absolute Gasteiger partial charge is 0.352 e. The zero-order chi connectivity index (χ0) is 11.7. The summed E-state index contributed by atoms with van der Waals surface area (Å²) in [5, 5.41) is 19.6. The number of nitrogens with zero attached hydrogens (tertiary/aromatic N) is 1. The fraction of sp³-hybridized carbons (Fsp3) is 0.778. The quantitative estimate of drug-likeness (QED) is 0.727. The number of alkyl halides is 2. The highest BCUT2D eigenvalue weighted by molar-refractivity contribution is 5.85. The summed E-state index contributed by atoms with van der Waals surface area (Å²) >= 11 is 0. The van der Waals surface area contributed by atoms with E-state index in [1.165, 1.54) is 6.92 Å².